The van der Waals surface area contributed by atoms with E-state index in [1.54, 1.807) is 6.07 Å². The van der Waals surface area contributed by atoms with Crippen molar-refractivity contribution >= 4 is 0 Å². The van der Waals surface area contributed by atoms with E-state index in [4.69, 9.17) is 9.72 Å². The highest BCUT2D eigenvalue weighted by molar-refractivity contribution is 5.26. The lowest BCUT2D eigenvalue weighted by molar-refractivity contribution is -0.137. The van der Waals surface area contributed by atoms with Gasteiger partial charge in [-0.2, -0.15) is 13.2 Å². The van der Waals surface area contributed by atoms with Crippen LogP contribution in [0.15, 0.2) is 48.7 Å². The van der Waals surface area contributed by atoms with Gasteiger partial charge in [-0.1, -0.05) is 43.5 Å². The molecule has 2 nitrogen and oxygen atoms in total. The minimum atomic E-state index is -4.28. The predicted molar refractivity (Wildman–Crippen MR) is 111 cm³/mol. The van der Waals surface area contributed by atoms with Crippen molar-refractivity contribution in [3.8, 4) is 0 Å². The van der Waals surface area contributed by atoms with E-state index in [2.05, 4.69) is 12.1 Å². The molecular weight excluding hydrogens is 387 g/mol. The summed E-state index contributed by atoms with van der Waals surface area (Å²) in [5.74, 6) is 0. The van der Waals surface area contributed by atoms with Crippen molar-refractivity contribution < 1.29 is 17.9 Å². The number of rotatable bonds is 6. The third kappa shape index (κ3) is 4.72. The summed E-state index contributed by atoms with van der Waals surface area (Å²) < 4.78 is 45.2. The van der Waals surface area contributed by atoms with Crippen molar-refractivity contribution in [2.45, 2.75) is 81.4 Å². The van der Waals surface area contributed by atoms with Gasteiger partial charge in [-0.05, 0) is 68.7 Å². The minimum Gasteiger partial charge on any atom is -0.375 e. The molecule has 4 rings (SSSR count). The van der Waals surface area contributed by atoms with Crippen LogP contribution in [-0.4, -0.2) is 17.2 Å². The normalized spacial score (nSPS) is 23.7. The molecule has 1 aromatic heterocycles. The summed E-state index contributed by atoms with van der Waals surface area (Å²) >= 11 is 0. The molecule has 1 aromatic carbocycles. The van der Waals surface area contributed by atoms with Crippen LogP contribution in [-0.2, 0) is 22.7 Å². The van der Waals surface area contributed by atoms with Crippen molar-refractivity contribution in [3.05, 3.63) is 65.5 Å². The number of nitrogens with zero attached hydrogens (tertiary/aromatic N) is 1. The van der Waals surface area contributed by atoms with E-state index in [-0.39, 0.29) is 11.0 Å². The number of ether oxygens (including phenoxy) is 1. The van der Waals surface area contributed by atoms with Crippen LogP contribution in [0.5, 0.6) is 0 Å². The summed E-state index contributed by atoms with van der Waals surface area (Å²) in [7, 11) is 0. The Hall–Kier alpha value is -1.88. The van der Waals surface area contributed by atoms with Gasteiger partial charge in [-0.3, -0.25) is 4.98 Å². The Kier molecular flexibility index (Phi) is 6.19. The maximum absolute atomic E-state index is 13.0. The lowest BCUT2D eigenvalue weighted by Crippen LogP contribution is -2.46. The third-order valence-electron chi connectivity index (χ3n) is 7.00. The third-order valence-corrected chi connectivity index (χ3v) is 7.00. The molecule has 1 atom stereocenters. The maximum atomic E-state index is 13.0. The first-order valence-electron chi connectivity index (χ1n) is 11.1. The van der Waals surface area contributed by atoms with Crippen LogP contribution < -0.4 is 0 Å². The fourth-order valence-corrected chi connectivity index (χ4v) is 5.49. The lowest BCUT2D eigenvalue weighted by atomic mass is 9.67. The number of halogens is 3. The van der Waals surface area contributed by atoms with Crippen molar-refractivity contribution in [1.29, 1.82) is 0 Å². The molecule has 2 aliphatic rings. The van der Waals surface area contributed by atoms with E-state index < -0.39 is 11.7 Å². The number of aromatic nitrogens is 1. The molecule has 1 aliphatic carbocycles. The second-order valence-electron chi connectivity index (χ2n) is 9.07. The largest absolute Gasteiger partial charge is 0.416 e. The maximum Gasteiger partial charge on any atom is 0.416 e. The number of aryl methyl sites for hydroxylation is 1. The van der Waals surface area contributed by atoms with E-state index in [9.17, 15) is 13.2 Å². The van der Waals surface area contributed by atoms with E-state index in [1.807, 2.05) is 12.3 Å². The Balaban J connectivity index is 1.43. The van der Waals surface area contributed by atoms with E-state index in [0.29, 0.717) is 6.42 Å². The first kappa shape index (κ1) is 21.4. The molecule has 1 saturated carbocycles. The molecule has 2 heterocycles. The van der Waals surface area contributed by atoms with Gasteiger partial charge in [0, 0.05) is 23.9 Å². The van der Waals surface area contributed by atoms with Gasteiger partial charge in [0.1, 0.15) is 0 Å². The van der Waals surface area contributed by atoms with Crippen LogP contribution in [0.4, 0.5) is 13.2 Å². The molecule has 5 heteroatoms. The van der Waals surface area contributed by atoms with Crippen LogP contribution in [0.2, 0.25) is 0 Å². The molecule has 162 valence electrons. The average molecular weight is 418 g/mol. The molecular formula is C25H30F3NO. The fourth-order valence-electron chi connectivity index (χ4n) is 5.49. The number of hydrogen-bond donors (Lipinski definition) is 0. The molecule has 2 aromatic rings. The Morgan fingerprint density at radius 2 is 1.80 bits per heavy atom. The number of benzene rings is 1. The molecule has 0 bridgehead atoms. The Morgan fingerprint density at radius 3 is 2.53 bits per heavy atom. The average Bonchev–Trinajstić information content (AvgIpc) is 3.19. The molecule has 0 radical (unpaired) electrons. The first-order chi connectivity index (χ1) is 14.4. The van der Waals surface area contributed by atoms with Crippen LogP contribution in [0, 0.1) is 0 Å². The van der Waals surface area contributed by atoms with Gasteiger partial charge >= 0.3 is 6.18 Å². The van der Waals surface area contributed by atoms with E-state index in [1.165, 1.54) is 25.0 Å². The van der Waals surface area contributed by atoms with Crippen LogP contribution in [0.3, 0.4) is 0 Å². The zero-order valence-electron chi connectivity index (χ0n) is 17.4. The van der Waals surface area contributed by atoms with Crippen molar-refractivity contribution in [2.24, 2.45) is 0 Å². The SMILES string of the molecule is FC(F)(F)c1cccc(CCCC[C@@]2(c3ccccn3)CCOC3(CCCC3)C2)c1. The zero-order valence-corrected chi connectivity index (χ0v) is 17.4. The molecule has 0 unspecified atom stereocenters. The van der Waals surface area contributed by atoms with Crippen LogP contribution >= 0.6 is 0 Å². The predicted octanol–water partition coefficient (Wildman–Crippen LogP) is 6.87. The molecule has 0 N–H and O–H groups in total. The highest BCUT2D eigenvalue weighted by atomic mass is 19.4. The Labute approximate surface area is 176 Å². The number of alkyl halides is 3. The summed E-state index contributed by atoms with van der Waals surface area (Å²) in [4.78, 5) is 4.72. The second-order valence-corrected chi connectivity index (χ2v) is 9.07. The van der Waals surface area contributed by atoms with E-state index >= 15 is 0 Å². The van der Waals surface area contributed by atoms with Gasteiger partial charge in [-0.15, -0.1) is 0 Å². The highest BCUT2D eigenvalue weighted by Crippen LogP contribution is 2.50. The smallest absolute Gasteiger partial charge is 0.375 e. The molecule has 2 fully saturated rings. The fraction of sp³-hybridized carbons (Fsp3) is 0.560. The number of unbranched alkanes of at least 4 members (excludes halogenated alkanes) is 1. The standard InChI is InChI=1S/C25H30F3NO/c26-25(27,28)21-10-7-9-20(18-21)8-1-3-12-23(22-11-2-6-16-29-22)15-17-30-24(19-23)13-4-5-14-24/h2,6-7,9-11,16,18H,1,3-5,8,12-15,17,19H2/t23-/m1/s1. The zero-order chi connectivity index (χ0) is 21.1. The Bertz CT molecular complexity index is 830. The summed E-state index contributed by atoms with van der Waals surface area (Å²) in [6.07, 6.45) is 7.83. The Morgan fingerprint density at radius 1 is 0.967 bits per heavy atom. The summed E-state index contributed by atoms with van der Waals surface area (Å²) in [6, 6.07) is 11.9. The number of hydrogen-bond acceptors (Lipinski definition) is 2. The number of pyridine rings is 1. The summed E-state index contributed by atoms with van der Waals surface area (Å²) in [5, 5.41) is 0. The molecule has 0 amide bonds. The van der Waals surface area contributed by atoms with Gasteiger partial charge in [-0.25, -0.2) is 0 Å². The molecule has 30 heavy (non-hydrogen) atoms. The lowest BCUT2D eigenvalue weighted by Gasteiger charge is -2.46. The van der Waals surface area contributed by atoms with Gasteiger partial charge in [0.15, 0.2) is 0 Å². The quantitative estimate of drug-likeness (QED) is 0.478. The topological polar surface area (TPSA) is 22.1 Å². The van der Waals surface area contributed by atoms with Crippen molar-refractivity contribution in [1.82, 2.24) is 4.98 Å². The van der Waals surface area contributed by atoms with Gasteiger partial charge in [0.25, 0.3) is 0 Å². The monoisotopic (exact) mass is 417 g/mol. The molecule has 1 saturated heterocycles. The molecule has 1 aliphatic heterocycles. The van der Waals surface area contributed by atoms with Crippen LogP contribution in [0.1, 0.15) is 74.6 Å². The summed E-state index contributed by atoms with van der Waals surface area (Å²) in [6.45, 7) is 0.768. The van der Waals surface area contributed by atoms with Gasteiger partial charge < -0.3 is 4.74 Å². The van der Waals surface area contributed by atoms with Gasteiger partial charge in [0.05, 0.1) is 11.2 Å². The molecule has 1 spiro atoms. The highest BCUT2D eigenvalue weighted by Gasteiger charge is 2.48. The van der Waals surface area contributed by atoms with Gasteiger partial charge in [0.2, 0.25) is 0 Å². The van der Waals surface area contributed by atoms with E-state index in [0.717, 1.165) is 68.9 Å². The second kappa shape index (κ2) is 8.70. The van der Waals surface area contributed by atoms with Crippen molar-refractivity contribution in [2.75, 3.05) is 6.61 Å². The first-order valence-corrected chi connectivity index (χ1v) is 11.1. The minimum absolute atomic E-state index is 0.00316. The van der Waals surface area contributed by atoms with Crippen LogP contribution in [0.25, 0.3) is 0 Å². The summed E-state index contributed by atoms with van der Waals surface area (Å²) in [5.41, 5.74) is 1.36. The van der Waals surface area contributed by atoms with Crippen molar-refractivity contribution in [3.63, 3.8) is 0 Å².